The third-order valence-electron chi connectivity index (χ3n) is 6.46. The molecule has 0 radical (unpaired) electrons. The summed E-state index contributed by atoms with van der Waals surface area (Å²) in [4.78, 5) is 20.8. The van der Waals surface area contributed by atoms with Crippen LogP contribution in [0.4, 0.5) is 0 Å². The minimum atomic E-state index is -0.0479. The number of carbonyl (C=O) groups excluding carboxylic acids is 1. The van der Waals surface area contributed by atoms with E-state index in [0.717, 1.165) is 65.0 Å². The van der Waals surface area contributed by atoms with Crippen LogP contribution < -0.4 is 10.6 Å². The van der Waals surface area contributed by atoms with Crippen molar-refractivity contribution in [1.82, 2.24) is 14.8 Å². The first-order valence-corrected chi connectivity index (χ1v) is 12.3. The Labute approximate surface area is 194 Å². The Morgan fingerprint density at radius 2 is 2.09 bits per heavy atom. The van der Waals surface area contributed by atoms with Gasteiger partial charge in [0.15, 0.2) is 0 Å². The number of esters is 1. The first-order valence-electron chi connectivity index (χ1n) is 12.3. The zero-order valence-corrected chi connectivity index (χ0v) is 21.2. The number of aromatic nitrogens is 1. The van der Waals surface area contributed by atoms with Crippen LogP contribution in [-0.4, -0.2) is 74.4 Å². The number of hydrogen-bond acceptors (Lipinski definition) is 5. The standard InChI is InChI=1S/C26H45N3O3/c1-7-11-25-23(8-2)24(20(4)27-25)12-10-14-28(5)19-29-17-21(13-15-31-6)16-22(18-29)26(30)32-9-3/h8,11,21-22,27H,7,9-10,12-19H2,1-6H3/b23-8-,25-11+. The number of nitrogens with one attached hydrogen (secondary N) is 1. The van der Waals surface area contributed by atoms with Gasteiger partial charge in [-0.25, -0.2) is 0 Å². The molecule has 2 unspecified atom stereocenters. The maximum absolute atomic E-state index is 12.4. The SMILES string of the molecule is C/C=c1/c(CCCN(C)CN2CC(CCOC)CC(C(=O)OCC)C2)c(C)[nH]/c1=C/CC. The van der Waals surface area contributed by atoms with Gasteiger partial charge in [0.2, 0.25) is 0 Å². The number of methoxy groups -OCH3 is 1. The van der Waals surface area contributed by atoms with Crippen molar-refractivity contribution in [2.75, 3.05) is 53.7 Å². The van der Waals surface area contributed by atoms with Gasteiger partial charge in [0.1, 0.15) is 0 Å². The quantitative estimate of drug-likeness (QED) is 0.499. The molecule has 0 aromatic carbocycles. The summed E-state index contributed by atoms with van der Waals surface area (Å²) in [6.45, 7) is 13.3. The number of aromatic amines is 1. The third-order valence-corrected chi connectivity index (χ3v) is 6.46. The van der Waals surface area contributed by atoms with Crippen LogP contribution >= 0.6 is 0 Å². The molecule has 2 rings (SSSR count). The van der Waals surface area contributed by atoms with Crippen LogP contribution in [-0.2, 0) is 20.7 Å². The number of aryl methyl sites for hydroxylation is 1. The minimum absolute atomic E-state index is 0.0302. The highest BCUT2D eigenvalue weighted by atomic mass is 16.5. The molecule has 6 nitrogen and oxygen atoms in total. The van der Waals surface area contributed by atoms with E-state index >= 15 is 0 Å². The van der Waals surface area contributed by atoms with Gasteiger partial charge in [0.05, 0.1) is 19.2 Å². The molecule has 6 heteroatoms. The summed E-state index contributed by atoms with van der Waals surface area (Å²) >= 11 is 0. The van der Waals surface area contributed by atoms with Gasteiger partial charge in [-0.3, -0.25) is 14.6 Å². The fourth-order valence-corrected chi connectivity index (χ4v) is 5.01. The maximum Gasteiger partial charge on any atom is 0.310 e. The number of hydrogen-bond donors (Lipinski definition) is 1. The van der Waals surface area contributed by atoms with Gasteiger partial charge >= 0.3 is 5.97 Å². The van der Waals surface area contributed by atoms with Crippen LogP contribution in [0.15, 0.2) is 0 Å². The van der Waals surface area contributed by atoms with E-state index in [9.17, 15) is 4.79 Å². The van der Waals surface area contributed by atoms with E-state index in [1.165, 1.54) is 21.8 Å². The molecule has 1 N–H and O–H groups in total. The number of H-pyrrole nitrogens is 1. The lowest BCUT2D eigenvalue weighted by atomic mass is 9.87. The second-order valence-electron chi connectivity index (χ2n) is 9.15. The van der Waals surface area contributed by atoms with E-state index in [1.807, 2.05) is 6.92 Å². The summed E-state index contributed by atoms with van der Waals surface area (Å²) in [5.74, 6) is 0.399. The van der Waals surface area contributed by atoms with E-state index in [-0.39, 0.29) is 11.9 Å². The van der Waals surface area contributed by atoms with Gasteiger partial charge in [0, 0.05) is 37.8 Å². The molecule has 182 valence electrons. The minimum Gasteiger partial charge on any atom is -0.466 e. The second kappa shape index (κ2) is 13.8. The number of ether oxygens (including phenoxy) is 2. The van der Waals surface area contributed by atoms with Crippen LogP contribution in [0, 0.1) is 18.8 Å². The predicted octanol–water partition coefficient (Wildman–Crippen LogP) is 2.67. The predicted molar refractivity (Wildman–Crippen MR) is 132 cm³/mol. The van der Waals surface area contributed by atoms with Crippen LogP contribution in [0.1, 0.15) is 57.7 Å². The first kappa shape index (κ1) is 26.6. The molecule has 2 heterocycles. The molecule has 1 fully saturated rings. The smallest absolute Gasteiger partial charge is 0.310 e. The normalized spacial score (nSPS) is 21.0. The zero-order chi connectivity index (χ0) is 23.5. The number of piperidine rings is 1. The second-order valence-corrected chi connectivity index (χ2v) is 9.15. The van der Waals surface area contributed by atoms with Gasteiger partial charge in [-0.15, -0.1) is 0 Å². The summed E-state index contributed by atoms with van der Waals surface area (Å²) in [5.41, 5.74) is 2.73. The van der Waals surface area contributed by atoms with E-state index in [2.05, 4.69) is 54.8 Å². The number of nitrogens with zero attached hydrogens (tertiary/aromatic N) is 2. The lowest BCUT2D eigenvalue weighted by Gasteiger charge is -2.38. The molecule has 32 heavy (non-hydrogen) atoms. The van der Waals surface area contributed by atoms with E-state index < -0.39 is 0 Å². The molecule has 1 aromatic heterocycles. The Kier molecular flexibility index (Phi) is 11.5. The summed E-state index contributed by atoms with van der Waals surface area (Å²) in [6.07, 6.45) is 9.63. The van der Waals surface area contributed by atoms with E-state index in [1.54, 1.807) is 7.11 Å². The lowest BCUT2D eigenvalue weighted by Crippen LogP contribution is -2.48. The van der Waals surface area contributed by atoms with Gasteiger partial charge in [0.25, 0.3) is 0 Å². The van der Waals surface area contributed by atoms with Crippen molar-refractivity contribution in [3.05, 3.63) is 21.8 Å². The molecule has 1 aromatic rings. The van der Waals surface area contributed by atoms with Gasteiger partial charge in [-0.05, 0) is 83.2 Å². The van der Waals surface area contributed by atoms with Crippen molar-refractivity contribution in [3.8, 4) is 0 Å². The maximum atomic E-state index is 12.4. The average Bonchev–Trinajstić information content (AvgIpc) is 3.06. The molecule has 0 amide bonds. The van der Waals surface area contributed by atoms with Crippen LogP contribution in [0.3, 0.4) is 0 Å². The fraction of sp³-hybridized carbons (Fsp3) is 0.731. The average molecular weight is 448 g/mol. The Bertz CT molecular complexity index is 817. The Morgan fingerprint density at radius 1 is 1.31 bits per heavy atom. The first-order chi connectivity index (χ1) is 15.4. The lowest BCUT2D eigenvalue weighted by molar-refractivity contribution is -0.151. The highest BCUT2D eigenvalue weighted by molar-refractivity contribution is 5.72. The molecule has 0 saturated carbocycles. The van der Waals surface area contributed by atoms with E-state index in [0.29, 0.717) is 12.5 Å². The van der Waals surface area contributed by atoms with Gasteiger partial charge in [-0.1, -0.05) is 19.1 Å². The van der Waals surface area contributed by atoms with Crippen molar-refractivity contribution in [3.63, 3.8) is 0 Å². The fourth-order valence-electron chi connectivity index (χ4n) is 5.01. The van der Waals surface area contributed by atoms with Crippen molar-refractivity contribution >= 4 is 18.1 Å². The molecular formula is C26H45N3O3. The van der Waals surface area contributed by atoms with Gasteiger partial charge < -0.3 is 14.5 Å². The van der Waals surface area contributed by atoms with Crippen LogP contribution in [0.2, 0.25) is 0 Å². The summed E-state index contributed by atoms with van der Waals surface area (Å²) in [7, 11) is 3.93. The molecule has 1 aliphatic heterocycles. The van der Waals surface area contributed by atoms with E-state index in [4.69, 9.17) is 9.47 Å². The Morgan fingerprint density at radius 3 is 2.75 bits per heavy atom. The van der Waals surface area contributed by atoms with Gasteiger partial charge in [-0.2, -0.15) is 0 Å². The number of likely N-dealkylation sites (tertiary alicyclic amines) is 1. The zero-order valence-electron chi connectivity index (χ0n) is 21.2. The summed E-state index contributed by atoms with van der Waals surface area (Å²) < 4.78 is 10.6. The topological polar surface area (TPSA) is 57.8 Å². The monoisotopic (exact) mass is 447 g/mol. The summed E-state index contributed by atoms with van der Waals surface area (Å²) in [6, 6.07) is 0. The Hall–Kier alpha value is -1.63. The number of rotatable bonds is 12. The van der Waals surface area contributed by atoms with Crippen molar-refractivity contribution in [1.29, 1.82) is 0 Å². The van der Waals surface area contributed by atoms with Crippen molar-refractivity contribution in [2.45, 2.75) is 59.8 Å². The summed E-state index contributed by atoms with van der Waals surface area (Å²) in [5, 5.41) is 2.62. The highest BCUT2D eigenvalue weighted by Gasteiger charge is 2.32. The molecule has 0 aliphatic carbocycles. The molecule has 0 bridgehead atoms. The van der Waals surface area contributed by atoms with Crippen molar-refractivity contribution < 1.29 is 14.3 Å². The molecule has 0 spiro atoms. The largest absolute Gasteiger partial charge is 0.466 e. The van der Waals surface area contributed by atoms with Crippen molar-refractivity contribution in [2.24, 2.45) is 11.8 Å². The molecule has 2 atom stereocenters. The van der Waals surface area contributed by atoms with Crippen LogP contribution in [0.5, 0.6) is 0 Å². The van der Waals surface area contributed by atoms with Crippen LogP contribution in [0.25, 0.3) is 12.2 Å². The molecular weight excluding hydrogens is 402 g/mol. The molecule has 1 saturated heterocycles. The Balaban J connectivity index is 1.93. The number of carbonyl (C=O) groups is 1. The molecule has 1 aliphatic rings. The highest BCUT2D eigenvalue weighted by Crippen LogP contribution is 2.25. The third kappa shape index (κ3) is 7.75.